The van der Waals surface area contributed by atoms with E-state index < -0.39 is 0 Å². The van der Waals surface area contributed by atoms with Gasteiger partial charge >= 0.3 is 6.03 Å². The third-order valence-electron chi connectivity index (χ3n) is 3.35. The fourth-order valence-corrected chi connectivity index (χ4v) is 2.62. The molecule has 1 fully saturated rings. The molecule has 19 heavy (non-hydrogen) atoms. The maximum Gasteiger partial charge on any atom is 0.321 e. The molecule has 1 saturated heterocycles. The summed E-state index contributed by atoms with van der Waals surface area (Å²) in [4.78, 5) is 17.5. The summed E-state index contributed by atoms with van der Waals surface area (Å²) in [6.45, 7) is 5.87. The van der Waals surface area contributed by atoms with Gasteiger partial charge in [-0.1, -0.05) is 13.8 Å². The number of carbonyl (C=O) groups is 1. The number of nitrogens with one attached hydrogen (secondary N) is 1. The number of piperidine rings is 1. The molecule has 2 rings (SSSR count). The minimum atomic E-state index is -0.104. The van der Waals surface area contributed by atoms with E-state index in [4.69, 9.17) is 0 Å². The molecule has 0 radical (unpaired) electrons. The lowest BCUT2D eigenvalue weighted by molar-refractivity contribution is -0.00618. The minimum Gasteiger partial charge on any atom is -0.324 e. The van der Waals surface area contributed by atoms with E-state index in [0.29, 0.717) is 17.5 Å². The van der Waals surface area contributed by atoms with Gasteiger partial charge < -0.3 is 10.2 Å². The second-order valence-electron chi connectivity index (χ2n) is 5.38. The molecule has 1 heterocycles. The Labute approximate surface area is 112 Å². The van der Waals surface area contributed by atoms with Crippen LogP contribution in [0.4, 0.5) is 15.0 Å². The average Bonchev–Trinajstić information content (AvgIpc) is 2.38. The molecule has 2 amide bonds. The van der Waals surface area contributed by atoms with Gasteiger partial charge in [0.15, 0.2) is 5.75 Å². The van der Waals surface area contributed by atoms with Crippen LogP contribution in [-0.4, -0.2) is 24.0 Å². The van der Waals surface area contributed by atoms with Gasteiger partial charge in [0.05, 0.1) is 0 Å². The number of likely N-dealkylation sites (tertiary alicyclic amines) is 1. The topological polar surface area (TPSA) is 41.6 Å². The van der Waals surface area contributed by atoms with Gasteiger partial charge in [-0.2, -0.15) is 0 Å². The van der Waals surface area contributed by atoms with Gasteiger partial charge in [-0.15, -0.1) is 0 Å². The molecule has 4 nitrogen and oxygen atoms in total. The summed E-state index contributed by atoms with van der Waals surface area (Å²) in [5.74, 6) is 1.17. The molecule has 5 heteroatoms. The van der Waals surface area contributed by atoms with Crippen molar-refractivity contribution in [2.75, 3.05) is 18.4 Å². The highest BCUT2D eigenvalue weighted by Crippen LogP contribution is 2.22. The SMILES string of the molecule is CC1CC(C)CN(C(=O)Nc2ccc(OF)cc2)C1. The summed E-state index contributed by atoms with van der Waals surface area (Å²) < 4.78 is 11.9. The minimum absolute atomic E-state index is 0.104. The van der Waals surface area contributed by atoms with E-state index in [1.165, 1.54) is 12.1 Å². The summed E-state index contributed by atoms with van der Waals surface area (Å²) in [6, 6.07) is 6.06. The van der Waals surface area contributed by atoms with E-state index in [0.717, 1.165) is 19.5 Å². The number of rotatable bonds is 2. The number of amides is 2. The van der Waals surface area contributed by atoms with Gasteiger partial charge in [-0.25, -0.2) is 4.79 Å². The van der Waals surface area contributed by atoms with Crippen molar-refractivity contribution in [3.8, 4) is 5.75 Å². The van der Waals surface area contributed by atoms with Gasteiger partial charge in [0, 0.05) is 23.3 Å². The first-order valence-corrected chi connectivity index (χ1v) is 6.53. The van der Waals surface area contributed by atoms with E-state index in [1.54, 1.807) is 12.1 Å². The molecular weight excluding hydrogens is 247 g/mol. The normalized spacial score (nSPS) is 23.0. The van der Waals surface area contributed by atoms with Crippen molar-refractivity contribution in [2.45, 2.75) is 20.3 Å². The smallest absolute Gasteiger partial charge is 0.321 e. The lowest BCUT2D eigenvalue weighted by atomic mass is 9.92. The van der Waals surface area contributed by atoms with Crippen molar-refractivity contribution in [1.82, 2.24) is 4.90 Å². The molecule has 1 aliphatic heterocycles. The number of hydrogen-bond acceptors (Lipinski definition) is 2. The van der Waals surface area contributed by atoms with Crippen LogP contribution in [0.25, 0.3) is 0 Å². The lowest BCUT2D eigenvalue weighted by Crippen LogP contribution is -2.44. The largest absolute Gasteiger partial charge is 0.324 e. The second kappa shape index (κ2) is 5.91. The third-order valence-corrected chi connectivity index (χ3v) is 3.35. The number of benzene rings is 1. The zero-order valence-corrected chi connectivity index (χ0v) is 11.2. The number of hydrogen-bond donors (Lipinski definition) is 1. The van der Waals surface area contributed by atoms with E-state index in [1.807, 2.05) is 4.90 Å². The fourth-order valence-electron chi connectivity index (χ4n) is 2.62. The van der Waals surface area contributed by atoms with Crippen LogP contribution in [0.3, 0.4) is 0 Å². The molecule has 0 aromatic heterocycles. The number of urea groups is 1. The Balaban J connectivity index is 1.96. The second-order valence-corrected chi connectivity index (χ2v) is 5.38. The van der Waals surface area contributed by atoms with Crippen molar-refractivity contribution >= 4 is 11.7 Å². The van der Waals surface area contributed by atoms with Crippen LogP contribution in [0.15, 0.2) is 24.3 Å². The molecular formula is C14H19FN2O2. The zero-order valence-electron chi connectivity index (χ0n) is 11.2. The number of anilines is 1. The van der Waals surface area contributed by atoms with Crippen LogP contribution >= 0.6 is 0 Å². The highest BCUT2D eigenvalue weighted by Gasteiger charge is 2.25. The zero-order chi connectivity index (χ0) is 13.8. The monoisotopic (exact) mass is 266 g/mol. The summed E-state index contributed by atoms with van der Waals surface area (Å²) in [5, 5.41) is 2.81. The third kappa shape index (κ3) is 3.59. The van der Waals surface area contributed by atoms with E-state index >= 15 is 0 Å². The Hall–Kier alpha value is -1.78. The Morgan fingerprint density at radius 2 is 1.84 bits per heavy atom. The van der Waals surface area contributed by atoms with Gasteiger partial charge in [0.1, 0.15) is 0 Å². The number of carbonyl (C=O) groups excluding carboxylic acids is 1. The summed E-state index contributed by atoms with van der Waals surface area (Å²) >= 11 is 0. The molecule has 0 aliphatic carbocycles. The van der Waals surface area contributed by atoms with Crippen molar-refractivity contribution in [1.29, 1.82) is 0 Å². The highest BCUT2D eigenvalue weighted by atomic mass is 19.3. The first-order valence-electron chi connectivity index (χ1n) is 6.53. The van der Waals surface area contributed by atoms with Crippen molar-refractivity contribution in [2.24, 2.45) is 11.8 Å². The molecule has 2 unspecified atom stereocenters. The lowest BCUT2D eigenvalue weighted by Gasteiger charge is -2.34. The van der Waals surface area contributed by atoms with Crippen molar-refractivity contribution in [3.05, 3.63) is 24.3 Å². The molecule has 0 bridgehead atoms. The Morgan fingerprint density at radius 1 is 1.26 bits per heavy atom. The van der Waals surface area contributed by atoms with Crippen LogP contribution in [0.2, 0.25) is 0 Å². The van der Waals surface area contributed by atoms with Crippen LogP contribution in [0.1, 0.15) is 20.3 Å². The molecule has 1 aromatic carbocycles. The number of halogens is 1. The highest BCUT2D eigenvalue weighted by molar-refractivity contribution is 5.89. The van der Waals surface area contributed by atoms with Crippen molar-refractivity contribution in [3.63, 3.8) is 0 Å². The van der Waals surface area contributed by atoms with E-state index in [9.17, 15) is 9.32 Å². The summed E-state index contributed by atoms with van der Waals surface area (Å²) in [6.07, 6.45) is 1.16. The summed E-state index contributed by atoms with van der Waals surface area (Å²) in [5.41, 5.74) is 0.636. The first-order chi connectivity index (χ1) is 9.08. The Morgan fingerprint density at radius 3 is 2.37 bits per heavy atom. The fraction of sp³-hybridized carbons (Fsp3) is 0.500. The van der Waals surface area contributed by atoms with Crippen LogP contribution in [0, 0.1) is 11.8 Å². The maximum atomic E-state index is 12.1. The predicted molar refractivity (Wildman–Crippen MR) is 71.7 cm³/mol. The van der Waals surface area contributed by atoms with Gasteiger partial charge in [0.2, 0.25) is 0 Å². The standard InChI is InChI=1S/C14H19FN2O2/c1-10-7-11(2)9-17(8-10)14(18)16-12-3-5-13(19-15)6-4-12/h3-6,10-11H,7-9H2,1-2H3,(H,16,18). The van der Waals surface area contributed by atoms with Gasteiger partial charge in [-0.05, 0) is 42.5 Å². The van der Waals surface area contributed by atoms with Gasteiger partial charge in [-0.3, -0.25) is 4.94 Å². The van der Waals surface area contributed by atoms with E-state index in [2.05, 4.69) is 24.1 Å². The van der Waals surface area contributed by atoms with E-state index in [-0.39, 0.29) is 11.8 Å². The number of nitrogens with zero attached hydrogens (tertiary/aromatic N) is 1. The molecule has 2 atom stereocenters. The summed E-state index contributed by atoms with van der Waals surface area (Å²) in [7, 11) is 0. The predicted octanol–water partition coefficient (Wildman–Crippen LogP) is 3.46. The van der Waals surface area contributed by atoms with Gasteiger partial charge in [0.25, 0.3) is 0 Å². The molecule has 0 spiro atoms. The van der Waals surface area contributed by atoms with Crippen LogP contribution < -0.4 is 10.3 Å². The molecule has 1 aromatic rings. The molecule has 0 saturated carbocycles. The van der Waals surface area contributed by atoms with Crippen LogP contribution in [0.5, 0.6) is 5.75 Å². The quantitative estimate of drug-likeness (QED) is 0.890. The first kappa shape index (κ1) is 13.6. The van der Waals surface area contributed by atoms with Crippen LogP contribution in [-0.2, 0) is 0 Å². The van der Waals surface area contributed by atoms with Crippen molar-refractivity contribution < 1.29 is 14.3 Å². The Bertz CT molecular complexity index is 426. The average molecular weight is 266 g/mol. The molecule has 104 valence electrons. The molecule has 1 N–H and O–H groups in total. The maximum absolute atomic E-state index is 12.1. The Kier molecular flexibility index (Phi) is 4.24. The molecule has 1 aliphatic rings.